The maximum absolute atomic E-state index is 13.5. The molecular weight excluding hydrogens is 506 g/mol. The summed E-state index contributed by atoms with van der Waals surface area (Å²) in [6.45, 7) is 3.17. The SMILES string of the molecule is Fc1cc(F)cc(Oc2cnc3c(n2)N(Cc2cccc(-c4ncc(OCC5CCNCC5)cn4)c2)NN3)c1. The fourth-order valence-electron chi connectivity index (χ4n) is 4.48. The van der Waals surface area contributed by atoms with E-state index in [9.17, 15) is 8.78 Å². The van der Waals surface area contributed by atoms with Gasteiger partial charge in [-0.05, 0) is 43.5 Å². The highest BCUT2D eigenvalue weighted by Gasteiger charge is 2.23. The van der Waals surface area contributed by atoms with E-state index in [-0.39, 0.29) is 11.6 Å². The second-order valence-electron chi connectivity index (χ2n) is 9.36. The summed E-state index contributed by atoms with van der Waals surface area (Å²) in [5.41, 5.74) is 7.80. The predicted molar refractivity (Wildman–Crippen MR) is 140 cm³/mol. The molecule has 0 unspecified atom stereocenters. The fraction of sp³-hybridized carbons (Fsp3) is 0.259. The molecule has 3 N–H and O–H groups in total. The Morgan fingerprint density at radius 1 is 0.923 bits per heavy atom. The molecule has 1 fully saturated rings. The highest BCUT2D eigenvalue weighted by molar-refractivity contribution is 5.65. The Labute approximate surface area is 223 Å². The van der Waals surface area contributed by atoms with Crippen LogP contribution in [-0.2, 0) is 6.54 Å². The van der Waals surface area contributed by atoms with Gasteiger partial charge in [-0.1, -0.05) is 18.2 Å². The van der Waals surface area contributed by atoms with Crippen LogP contribution in [0.15, 0.2) is 61.1 Å². The van der Waals surface area contributed by atoms with Gasteiger partial charge in [0, 0.05) is 23.8 Å². The zero-order valence-corrected chi connectivity index (χ0v) is 20.9. The lowest BCUT2D eigenvalue weighted by Crippen LogP contribution is -2.35. The number of anilines is 2. The van der Waals surface area contributed by atoms with Crippen LogP contribution in [0, 0.1) is 17.6 Å². The summed E-state index contributed by atoms with van der Waals surface area (Å²) in [5.74, 6) is 1.37. The molecule has 0 bridgehead atoms. The van der Waals surface area contributed by atoms with Crippen LogP contribution in [0.4, 0.5) is 20.4 Å². The van der Waals surface area contributed by atoms with Gasteiger partial charge in [-0.3, -0.25) is 10.4 Å². The van der Waals surface area contributed by atoms with E-state index in [1.54, 1.807) is 17.4 Å². The number of nitrogens with zero attached hydrogens (tertiary/aromatic N) is 5. The third-order valence-corrected chi connectivity index (χ3v) is 6.45. The van der Waals surface area contributed by atoms with Gasteiger partial charge in [-0.15, -0.1) is 5.53 Å². The van der Waals surface area contributed by atoms with Gasteiger partial charge in [0.1, 0.15) is 17.4 Å². The van der Waals surface area contributed by atoms with Crippen LogP contribution >= 0.6 is 0 Å². The summed E-state index contributed by atoms with van der Waals surface area (Å²) in [5, 5.41) is 5.11. The Kier molecular flexibility index (Phi) is 7.11. The molecule has 0 atom stereocenters. The van der Waals surface area contributed by atoms with Gasteiger partial charge in [-0.25, -0.2) is 23.7 Å². The quantitative estimate of drug-likeness (QED) is 0.305. The second kappa shape index (κ2) is 11.1. The minimum absolute atomic E-state index is 0.0115. The minimum atomic E-state index is -0.743. The third-order valence-electron chi connectivity index (χ3n) is 6.45. The Morgan fingerprint density at radius 2 is 1.72 bits per heavy atom. The highest BCUT2D eigenvalue weighted by atomic mass is 19.1. The standard InChI is InChI=1S/C27H26F2N8O2/c28-20-9-21(29)11-22(10-20)39-24-14-33-26-27(34-24)37(36-35-26)15-18-2-1-3-19(8-18)25-31-12-23(13-32-25)38-16-17-4-6-30-7-5-17/h1-3,8-14,17,30,36H,4-7,15-16H2,(H,33,35). The van der Waals surface area contributed by atoms with E-state index < -0.39 is 11.6 Å². The molecule has 0 saturated carbocycles. The van der Waals surface area contributed by atoms with Gasteiger partial charge < -0.3 is 14.8 Å². The average molecular weight is 533 g/mol. The van der Waals surface area contributed by atoms with Crippen LogP contribution in [-0.4, -0.2) is 39.6 Å². The van der Waals surface area contributed by atoms with Crippen molar-refractivity contribution in [2.24, 2.45) is 5.92 Å². The van der Waals surface area contributed by atoms with E-state index in [1.165, 1.54) is 6.20 Å². The summed E-state index contributed by atoms with van der Waals surface area (Å²) in [7, 11) is 0. The molecule has 6 rings (SSSR count). The van der Waals surface area contributed by atoms with Crippen LogP contribution < -0.4 is 30.8 Å². The number of benzene rings is 2. The summed E-state index contributed by atoms with van der Waals surface area (Å²) in [6, 6.07) is 10.8. The molecule has 10 nitrogen and oxygen atoms in total. The number of hydrogen-bond donors (Lipinski definition) is 3. The van der Waals surface area contributed by atoms with Gasteiger partial charge in [0.25, 0.3) is 0 Å². The van der Waals surface area contributed by atoms with Crippen molar-refractivity contribution in [2.45, 2.75) is 19.4 Å². The molecule has 0 aliphatic carbocycles. The van der Waals surface area contributed by atoms with E-state index in [0.717, 1.165) is 55.3 Å². The minimum Gasteiger partial charge on any atom is -0.490 e. The Bertz CT molecular complexity index is 1430. The first-order chi connectivity index (χ1) is 19.1. The molecule has 2 aromatic carbocycles. The molecule has 1 saturated heterocycles. The predicted octanol–water partition coefficient (Wildman–Crippen LogP) is 4.23. The number of piperidine rings is 1. The number of nitrogens with one attached hydrogen (secondary N) is 3. The number of fused-ring (bicyclic) bond motifs is 1. The van der Waals surface area contributed by atoms with Crippen LogP contribution in [0.3, 0.4) is 0 Å². The van der Waals surface area contributed by atoms with Crippen LogP contribution in [0.2, 0.25) is 0 Å². The number of halogens is 2. The molecule has 200 valence electrons. The van der Waals surface area contributed by atoms with Gasteiger partial charge in [0.15, 0.2) is 23.2 Å². The van der Waals surface area contributed by atoms with E-state index in [4.69, 9.17) is 9.47 Å². The highest BCUT2D eigenvalue weighted by Crippen LogP contribution is 2.30. The number of hydrazine groups is 2. The molecule has 0 amide bonds. The molecule has 0 radical (unpaired) electrons. The van der Waals surface area contributed by atoms with Crippen molar-refractivity contribution < 1.29 is 18.3 Å². The zero-order chi connectivity index (χ0) is 26.6. The molecule has 2 aromatic heterocycles. The first-order valence-electron chi connectivity index (χ1n) is 12.6. The van der Waals surface area contributed by atoms with E-state index in [0.29, 0.717) is 42.3 Å². The van der Waals surface area contributed by atoms with E-state index in [1.807, 2.05) is 24.3 Å². The van der Waals surface area contributed by atoms with Gasteiger partial charge in [0.05, 0.1) is 31.7 Å². The van der Waals surface area contributed by atoms with E-state index in [2.05, 4.69) is 36.2 Å². The fourth-order valence-corrected chi connectivity index (χ4v) is 4.48. The van der Waals surface area contributed by atoms with Crippen molar-refractivity contribution in [1.82, 2.24) is 30.8 Å². The molecular formula is C27H26F2N8O2. The van der Waals surface area contributed by atoms with Gasteiger partial charge in [-0.2, -0.15) is 4.98 Å². The maximum atomic E-state index is 13.5. The maximum Gasteiger partial charge on any atom is 0.240 e. The Morgan fingerprint density at radius 3 is 2.51 bits per heavy atom. The largest absolute Gasteiger partial charge is 0.490 e. The van der Waals surface area contributed by atoms with Crippen molar-refractivity contribution in [3.8, 4) is 28.8 Å². The van der Waals surface area contributed by atoms with Crippen molar-refractivity contribution in [3.05, 3.63) is 78.3 Å². The molecule has 4 heterocycles. The van der Waals surface area contributed by atoms with Crippen molar-refractivity contribution in [3.63, 3.8) is 0 Å². The first kappa shape index (κ1) is 24.9. The number of aromatic nitrogens is 4. The van der Waals surface area contributed by atoms with Crippen molar-refractivity contribution in [1.29, 1.82) is 0 Å². The van der Waals surface area contributed by atoms with Gasteiger partial charge in [0.2, 0.25) is 5.88 Å². The second-order valence-corrected chi connectivity index (χ2v) is 9.36. The van der Waals surface area contributed by atoms with Crippen LogP contribution in [0.5, 0.6) is 17.4 Å². The van der Waals surface area contributed by atoms with Gasteiger partial charge >= 0.3 is 0 Å². The monoisotopic (exact) mass is 532 g/mol. The molecule has 2 aliphatic heterocycles. The van der Waals surface area contributed by atoms with E-state index >= 15 is 0 Å². The van der Waals surface area contributed by atoms with Crippen LogP contribution in [0.1, 0.15) is 18.4 Å². The Balaban J connectivity index is 1.12. The van der Waals surface area contributed by atoms with Crippen molar-refractivity contribution >= 4 is 11.6 Å². The summed E-state index contributed by atoms with van der Waals surface area (Å²) < 4.78 is 38.5. The number of hydrogen-bond acceptors (Lipinski definition) is 10. The lowest BCUT2D eigenvalue weighted by Gasteiger charge is -2.22. The average Bonchev–Trinajstić information content (AvgIpc) is 3.34. The molecule has 0 spiro atoms. The molecule has 12 heteroatoms. The number of ether oxygens (including phenoxy) is 2. The molecule has 4 aromatic rings. The smallest absolute Gasteiger partial charge is 0.240 e. The topological polar surface area (TPSA) is 109 Å². The number of rotatable bonds is 8. The third kappa shape index (κ3) is 6.02. The molecule has 2 aliphatic rings. The Hall–Kier alpha value is -4.42. The lowest BCUT2D eigenvalue weighted by atomic mass is 9.99. The van der Waals surface area contributed by atoms with Crippen LogP contribution in [0.25, 0.3) is 11.4 Å². The normalized spacial score (nSPS) is 15.1. The summed E-state index contributed by atoms with van der Waals surface area (Å²) in [4.78, 5) is 17.7. The summed E-state index contributed by atoms with van der Waals surface area (Å²) in [6.07, 6.45) is 7.02. The summed E-state index contributed by atoms with van der Waals surface area (Å²) >= 11 is 0. The first-order valence-corrected chi connectivity index (χ1v) is 12.6. The molecule has 39 heavy (non-hydrogen) atoms. The van der Waals surface area contributed by atoms with Crippen molar-refractivity contribution in [2.75, 3.05) is 30.1 Å². The zero-order valence-electron chi connectivity index (χ0n) is 20.9. The lowest BCUT2D eigenvalue weighted by molar-refractivity contribution is 0.214.